The minimum atomic E-state index is -0.358. The molecule has 1 amide bonds. The zero-order chi connectivity index (χ0) is 19.7. The van der Waals surface area contributed by atoms with Crippen LogP contribution in [0, 0.1) is 11.6 Å². The number of carbonyl (C=O) groups is 1. The lowest BCUT2D eigenvalue weighted by Gasteiger charge is -2.35. The molecule has 2 heterocycles. The van der Waals surface area contributed by atoms with Crippen molar-refractivity contribution in [2.45, 2.75) is 0 Å². The summed E-state index contributed by atoms with van der Waals surface area (Å²) in [4.78, 5) is 19.0. The molecule has 144 valence electrons. The fourth-order valence-corrected chi connectivity index (χ4v) is 4.50. The molecule has 2 saturated heterocycles. The second-order valence-electron chi connectivity index (χ2n) is 6.48. The van der Waals surface area contributed by atoms with Gasteiger partial charge in [-0.05, 0) is 48.5 Å². The van der Waals surface area contributed by atoms with Crippen molar-refractivity contribution < 1.29 is 13.6 Å². The molecule has 4 rings (SSSR count). The number of anilines is 2. The average molecular weight is 418 g/mol. The van der Waals surface area contributed by atoms with E-state index in [1.807, 2.05) is 6.20 Å². The fraction of sp³-hybridized carbons (Fsp3) is 0.200. The number of piperazine rings is 1. The van der Waals surface area contributed by atoms with Crippen LogP contribution >= 0.6 is 24.0 Å². The van der Waals surface area contributed by atoms with Gasteiger partial charge in [0.25, 0.3) is 5.91 Å². The molecule has 4 nitrogen and oxygen atoms in total. The van der Waals surface area contributed by atoms with E-state index < -0.39 is 0 Å². The molecule has 2 aliphatic heterocycles. The third-order valence-electron chi connectivity index (χ3n) is 4.68. The molecule has 28 heavy (non-hydrogen) atoms. The largest absolute Gasteiger partial charge is 0.373 e. The third kappa shape index (κ3) is 3.88. The van der Waals surface area contributed by atoms with Gasteiger partial charge in [0.15, 0.2) is 4.32 Å². The SMILES string of the molecule is O=C1/C(=C\N2CCN(c3ccc(F)cc3)CC2)SC(=S)N1c1ccc(F)cc1. The second-order valence-corrected chi connectivity index (χ2v) is 8.15. The number of hydrogen-bond acceptors (Lipinski definition) is 5. The van der Waals surface area contributed by atoms with Gasteiger partial charge in [0.1, 0.15) is 11.6 Å². The van der Waals surface area contributed by atoms with Gasteiger partial charge in [-0.25, -0.2) is 8.78 Å². The molecule has 0 unspecified atom stereocenters. The van der Waals surface area contributed by atoms with Crippen LogP contribution in [0.1, 0.15) is 0 Å². The van der Waals surface area contributed by atoms with Gasteiger partial charge in [-0.2, -0.15) is 0 Å². The Morgan fingerprint density at radius 2 is 1.39 bits per heavy atom. The molecule has 0 radical (unpaired) electrons. The Labute approximate surface area is 171 Å². The van der Waals surface area contributed by atoms with Crippen LogP contribution in [0.25, 0.3) is 0 Å². The van der Waals surface area contributed by atoms with Gasteiger partial charge in [-0.3, -0.25) is 9.69 Å². The Kier molecular flexibility index (Phi) is 5.32. The highest BCUT2D eigenvalue weighted by Crippen LogP contribution is 2.35. The molecular weight excluding hydrogens is 400 g/mol. The minimum absolute atomic E-state index is 0.192. The van der Waals surface area contributed by atoms with Crippen LogP contribution in [0.3, 0.4) is 0 Å². The first-order valence-corrected chi connectivity index (χ1v) is 10.0. The molecule has 0 aromatic heterocycles. The fourth-order valence-electron chi connectivity index (χ4n) is 3.20. The molecule has 0 bridgehead atoms. The summed E-state index contributed by atoms with van der Waals surface area (Å²) in [6.07, 6.45) is 1.85. The molecule has 2 fully saturated rings. The molecule has 0 atom stereocenters. The molecule has 0 spiro atoms. The van der Waals surface area contributed by atoms with Crippen molar-refractivity contribution in [3.05, 3.63) is 71.3 Å². The quantitative estimate of drug-likeness (QED) is 0.556. The van der Waals surface area contributed by atoms with Crippen LogP contribution in [0.15, 0.2) is 59.6 Å². The van der Waals surface area contributed by atoms with Gasteiger partial charge in [-0.15, -0.1) is 0 Å². The zero-order valence-electron chi connectivity index (χ0n) is 14.8. The topological polar surface area (TPSA) is 26.8 Å². The maximum atomic E-state index is 13.1. The number of thioether (sulfide) groups is 1. The molecule has 0 saturated carbocycles. The number of halogens is 2. The normalized spacial score (nSPS) is 19.1. The predicted octanol–water partition coefficient (Wildman–Crippen LogP) is 3.99. The van der Waals surface area contributed by atoms with Gasteiger partial charge in [0.2, 0.25) is 0 Å². The summed E-state index contributed by atoms with van der Waals surface area (Å²) >= 11 is 6.60. The second kappa shape index (κ2) is 7.89. The van der Waals surface area contributed by atoms with Gasteiger partial charge >= 0.3 is 0 Å². The smallest absolute Gasteiger partial charge is 0.272 e. The van der Waals surface area contributed by atoms with Crippen molar-refractivity contribution in [3.8, 4) is 0 Å². The van der Waals surface area contributed by atoms with Gasteiger partial charge < -0.3 is 9.80 Å². The summed E-state index contributed by atoms with van der Waals surface area (Å²) in [6, 6.07) is 12.2. The Hall–Kier alpha value is -2.45. The summed E-state index contributed by atoms with van der Waals surface area (Å²) in [5, 5.41) is 0. The summed E-state index contributed by atoms with van der Waals surface area (Å²) in [6.45, 7) is 3.05. The first-order chi connectivity index (χ1) is 13.5. The molecular formula is C20H17F2N3OS2. The molecule has 8 heteroatoms. The van der Waals surface area contributed by atoms with Gasteiger partial charge in [-0.1, -0.05) is 24.0 Å². The Bertz CT molecular complexity index is 923. The number of thiocarbonyl (C=S) groups is 1. The van der Waals surface area contributed by atoms with E-state index in [0.29, 0.717) is 14.9 Å². The van der Waals surface area contributed by atoms with Crippen molar-refractivity contribution in [2.24, 2.45) is 0 Å². The van der Waals surface area contributed by atoms with Crippen molar-refractivity contribution in [3.63, 3.8) is 0 Å². The number of amides is 1. The maximum absolute atomic E-state index is 13.1. The summed E-state index contributed by atoms with van der Waals surface area (Å²) in [7, 11) is 0. The van der Waals surface area contributed by atoms with Crippen LogP contribution in [0.5, 0.6) is 0 Å². The molecule has 2 aromatic rings. The third-order valence-corrected chi connectivity index (χ3v) is 5.97. The number of nitrogens with zero attached hydrogens (tertiary/aromatic N) is 3. The lowest BCUT2D eigenvalue weighted by atomic mass is 10.2. The lowest BCUT2D eigenvalue weighted by molar-refractivity contribution is -0.113. The van der Waals surface area contributed by atoms with Crippen LogP contribution in [0.4, 0.5) is 20.2 Å². The lowest BCUT2D eigenvalue weighted by Crippen LogP contribution is -2.44. The van der Waals surface area contributed by atoms with Crippen LogP contribution in [-0.4, -0.2) is 41.3 Å². The number of benzene rings is 2. The van der Waals surface area contributed by atoms with Gasteiger partial charge in [0, 0.05) is 38.1 Å². The van der Waals surface area contributed by atoms with Crippen LogP contribution < -0.4 is 9.80 Å². The van der Waals surface area contributed by atoms with E-state index in [1.165, 1.54) is 40.9 Å². The van der Waals surface area contributed by atoms with E-state index in [2.05, 4.69) is 9.80 Å². The monoisotopic (exact) mass is 417 g/mol. The van der Waals surface area contributed by atoms with E-state index in [1.54, 1.807) is 24.3 Å². The highest BCUT2D eigenvalue weighted by Gasteiger charge is 2.34. The van der Waals surface area contributed by atoms with Crippen molar-refractivity contribution >= 4 is 45.6 Å². The Morgan fingerprint density at radius 1 is 0.857 bits per heavy atom. The first kappa shape index (κ1) is 18.9. The van der Waals surface area contributed by atoms with E-state index >= 15 is 0 Å². The number of rotatable bonds is 3. The first-order valence-electron chi connectivity index (χ1n) is 8.79. The average Bonchev–Trinajstić information content (AvgIpc) is 2.97. The van der Waals surface area contributed by atoms with E-state index in [4.69, 9.17) is 12.2 Å². The van der Waals surface area contributed by atoms with Crippen LogP contribution in [-0.2, 0) is 4.79 Å². The predicted molar refractivity (Wildman–Crippen MR) is 112 cm³/mol. The Morgan fingerprint density at radius 3 is 1.96 bits per heavy atom. The molecule has 2 aromatic carbocycles. The maximum Gasteiger partial charge on any atom is 0.272 e. The van der Waals surface area contributed by atoms with Gasteiger partial charge in [0.05, 0.1) is 10.6 Å². The number of carbonyl (C=O) groups excluding carboxylic acids is 1. The molecule has 2 aliphatic rings. The minimum Gasteiger partial charge on any atom is -0.373 e. The molecule has 0 aliphatic carbocycles. The highest BCUT2D eigenvalue weighted by atomic mass is 32.2. The zero-order valence-corrected chi connectivity index (χ0v) is 16.5. The molecule has 0 N–H and O–H groups in total. The van der Waals surface area contributed by atoms with Crippen molar-refractivity contribution in [2.75, 3.05) is 36.0 Å². The van der Waals surface area contributed by atoms with Crippen molar-refractivity contribution in [1.29, 1.82) is 0 Å². The highest BCUT2D eigenvalue weighted by molar-refractivity contribution is 8.27. The Balaban J connectivity index is 1.42. The summed E-state index contributed by atoms with van der Waals surface area (Å²) < 4.78 is 26.7. The number of hydrogen-bond donors (Lipinski definition) is 0. The summed E-state index contributed by atoms with van der Waals surface area (Å²) in [5.41, 5.74) is 1.55. The van der Waals surface area contributed by atoms with Crippen molar-refractivity contribution in [1.82, 2.24) is 4.90 Å². The van der Waals surface area contributed by atoms with E-state index in [0.717, 1.165) is 31.9 Å². The van der Waals surface area contributed by atoms with E-state index in [9.17, 15) is 13.6 Å². The summed E-state index contributed by atoms with van der Waals surface area (Å²) in [5.74, 6) is -0.795. The van der Waals surface area contributed by atoms with Crippen LogP contribution in [0.2, 0.25) is 0 Å². The standard InChI is InChI=1S/C20H17F2N3OS2/c21-14-1-5-16(6-2-14)24-11-9-23(10-12-24)13-18-19(26)25(20(27)28-18)17-7-3-15(22)4-8-17/h1-8,13H,9-12H2/b18-13+. The van der Waals surface area contributed by atoms with E-state index in [-0.39, 0.29) is 17.5 Å².